The van der Waals surface area contributed by atoms with Crippen molar-refractivity contribution < 1.29 is 9.90 Å². The lowest BCUT2D eigenvalue weighted by atomic mass is 10.1. The van der Waals surface area contributed by atoms with Crippen LogP contribution in [0.15, 0.2) is 24.3 Å². The third-order valence-corrected chi connectivity index (χ3v) is 3.30. The van der Waals surface area contributed by atoms with Crippen LogP contribution in [0.4, 0.5) is 0 Å². The molecule has 0 aromatic heterocycles. The number of amides is 1. The minimum atomic E-state index is -0.0900. The fraction of sp³-hybridized carbons (Fsp3) is 0.429. The number of aromatic hydroxyl groups is 1. The molecule has 4 heteroatoms. The van der Waals surface area contributed by atoms with Crippen molar-refractivity contribution in [1.82, 2.24) is 5.32 Å². The van der Waals surface area contributed by atoms with E-state index in [0.29, 0.717) is 0 Å². The van der Waals surface area contributed by atoms with E-state index in [1.807, 2.05) is 0 Å². The first-order chi connectivity index (χ1) is 8.69. The molecule has 2 N–H and O–H groups in total. The molecule has 1 aromatic rings. The van der Waals surface area contributed by atoms with Crippen molar-refractivity contribution in [2.75, 3.05) is 0 Å². The Balaban J connectivity index is 1.91. The maximum atomic E-state index is 11.8. The Labute approximate surface area is 106 Å². The Kier molecular flexibility index (Phi) is 3.83. The molecule has 2 atom stereocenters. The predicted octanol–water partition coefficient (Wildman–Crippen LogP) is 1.74. The Morgan fingerprint density at radius 1 is 1.50 bits per heavy atom. The van der Waals surface area contributed by atoms with Crippen LogP contribution in [-0.2, 0) is 11.2 Å². The first-order valence-electron chi connectivity index (χ1n) is 6.16. The molecule has 2 unspecified atom stereocenters. The van der Waals surface area contributed by atoms with Gasteiger partial charge in [-0.15, -0.1) is 0 Å². The highest BCUT2D eigenvalue weighted by Gasteiger charge is 2.28. The number of hydrogen-bond donors (Lipinski definition) is 2. The summed E-state index contributed by atoms with van der Waals surface area (Å²) in [6, 6.07) is 8.89. The molecule has 0 spiro atoms. The molecule has 0 heterocycles. The lowest BCUT2D eigenvalue weighted by Crippen LogP contribution is -2.37. The monoisotopic (exact) mass is 244 g/mol. The molecule has 0 bridgehead atoms. The fourth-order valence-electron chi connectivity index (χ4n) is 2.40. The van der Waals surface area contributed by atoms with Crippen LogP contribution < -0.4 is 5.32 Å². The molecule has 0 radical (unpaired) electrons. The Morgan fingerprint density at radius 3 is 3.06 bits per heavy atom. The van der Waals surface area contributed by atoms with Crippen LogP contribution >= 0.6 is 0 Å². The van der Waals surface area contributed by atoms with E-state index in [2.05, 4.69) is 11.4 Å². The number of carbonyl (C=O) groups is 1. The number of carbonyl (C=O) groups excluding carboxylic acids is 1. The number of rotatable bonds is 3. The zero-order valence-corrected chi connectivity index (χ0v) is 10.1. The van der Waals surface area contributed by atoms with E-state index in [1.54, 1.807) is 24.3 Å². The first kappa shape index (κ1) is 12.4. The molecule has 1 aromatic carbocycles. The average molecular weight is 244 g/mol. The van der Waals surface area contributed by atoms with E-state index >= 15 is 0 Å². The van der Waals surface area contributed by atoms with Crippen LogP contribution in [0.5, 0.6) is 5.75 Å². The third-order valence-electron chi connectivity index (χ3n) is 3.30. The van der Waals surface area contributed by atoms with Gasteiger partial charge < -0.3 is 10.4 Å². The molecule has 4 nitrogen and oxygen atoms in total. The third kappa shape index (κ3) is 3.01. The largest absolute Gasteiger partial charge is 0.508 e. The van der Waals surface area contributed by atoms with Gasteiger partial charge in [-0.3, -0.25) is 4.79 Å². The maximum Gasteiger partial charge on any atom is 0.224 e. The van der Waals surface area contributed by atoms with Crippen molar-refractivity contribution in [1.29, 1.82) is 5.26 Å². The molecule has 1 aliphatic rings. The maximum absolute atomic E-state index is 11.8. The van der Waals surface area contributed by atoms with Crippen LogP contribution in [0, 0.1) is 17.2 Å². The van der Waals surface area contributed by atoms with Crippen molar-refractivity contribution >= 4 is 5.91 Å². The number of nitriles is 1. The van der Waals surface area contributed by atoms with Crippen LogP contribution in [0.1, 0.15) is 24.8 Å². The lowest BCUT2D eigenvalue weighted by molar-refractivity contribution is -0.121. The summed E-state index contributed by atoms with van der Waals surface area (Å²) in [6.45, 7) is 0. The molecule has 0 aliphatic heterocycles. The van der Waals surface area contributed by atoms with Gasteiger partial charge in [-0.25, -0.2) is 0 Å². The van der Waals surface area contributed by atoms with E-state index in [1.165, 1.54) is 0 Å². The van der Waals surface area contributed by atoms with Gasteiger partial charge in [0.25, 0.3) is 0 Å². The molecule has 1 aliphatic carbocycles. The summed E-state index contributed by atoms with van der Waals surface area (Å²) in [5.74, 6) is 0.0157. The zero-order valence-electron chi connectivity index (χ0n) is 10.1. The van der Waals surface area contributed by atoms with Gasteiger partial charge in [0.05, 0.1) is 18.4 Å². The SMILES string of the molecule is N#CC1CCCC1NC(=O)Cc1cccc(O)c1. The van der Waals surface area contributed by atoms with Crippen molar-refractivity contribution in [3.8, 4) is 11.8 Å². The standard InChI is InChI=1S/C14H16N2O2/c15-9-11-4-2-6-13(11)16-14(18)8-10-3-1-5-12(17)7-10/h1,3,5,7,11,13,17H,2,4,6,8H2,(H,16,18). The average Bonchev–Trinajstić information content (AvgIpc) is 2.76. The van der Waals surface area contributed by atoms with Gasteiger partial charge >= 0.3 is 0 Å². The second kappa shape index (κ2) is 5.54. The second-order valence-electron chi connectivity index (χ2n) is 4.69. The van der Waals surface area contributed by atoms with Crippen LogP contribution in [0.3, 0.4) is 0 Å². The topological polar surface area (TPSA) is 73.1 Å². The van der Waals surface area contributed by atoms with Gasteiger partial charge in [-0.05, 0) is 37.0 Å². The van der Waals surface area contributed by atoms with Gasteiger partial charge in [0.15, 0.2) is 0 Å². The van der Waals surface area contributed by atoms with E-state index in [0.717, 1.165) is 24.8 Å². The highest BCUT2D eigenvalue weighted by Crippen LogP contribution is 2.24. The van der Waals surface area contributed by atoms with Crippen LogP contribution in [0.25, 0.3) is 0 Å². The van der Waals surface area contributed by atoms with Crippen molar-refractivity contribution in [2.45, 2.75) is 31.7 Å². The van der Waals surface area contributed by atoms with Crippen molar-refractivity contribution in [3.63, 3.8) is 0 Å². The normalized spacial score (nSPS) is 22.4. The molecular formula is C14H16N2O2. The van der Waals surface area contributed by atoms with Gasteiger partial charge in [0.2, 0.25) is 5.91 Å². The minimum Gasteiger partial charge on any atom is -0.508 e. The Hall–Kier alpha value is -2.02. The van der Waals surface area contributed by atoms with Gasteiger partial charge in [0.1, 0.15) is 5.75 Å². The number of benzene rings is 1. The van der Waals surface area contributed by atoms with Gasteiger partial charge in [0, 0.05) is 6.04 Å². The van der Waals surface area contributed by atoms with E-state index in [4.69, 9.17) is 5.26 Å². The van der Waals surface area contributed by atoms with Crippen LogP contribution in [-0.4, -0.2) is 17.1 Å². The highest BCUT2D eigenvalue weighted by atomic mass is 16.3. The minimum absolute atomic E-state index is 0.0141. The number of nitrogens with one attached hydrogen (secondary N) is 1. The number of phenols is 1. The molecule has 1 saturated carbocycles. The van der Waals surface area contributed by atoms with E-state index in [-0.39, 0.29) is 30.0 Å². The smallest absolute Gasteiger partial charge is 0.224 e. The lowest BCUT2D eigenvalue weighted by Gasteiger charge is -2.15. The Morgan fingerprint density at radius 2 is 2.33 bits per heavy atom. The van der Waals surface area contributed by atoms with Crippen molar-refractivity contribution in [3.05, 3.63) is 29.8 Å². The summed E-state index contributed by atoms with van der Waals surface area (Å²) in [4.78, 5) is 11.8. The molecule has 94 valence electrons. The summed E-state index contributed by atoms with van der Waals surface area (Å²) in [7, 11) is 0. The van der Waals surface area contributed by atoms with Crippen molar-refractivity contribution in [2.24, 2.45) is 5.92 Å². The molecule has 18 heavy (non-hydrogen) atoms. The number of hydrogen-bond acceptors (Lipinski definition) is 3. The summed E-state index contributed by atoms with van der Waals surface area (Å²) < 4.78 is 0. The van der Waals surface area contributed by atoms with Crippen LogP contribution in [0.2, 0.25) is 0 Å². The van der Waals surface area contributed by atoms with Gasteiger partial charge in [-0.2, -0.15) is 5.26 Å². The number of nitrogens with zero attached hydrogens (tertiary/aromatic N) is 1. The zero-order chi connectivity index (χ0) is 13.0. The summed E-state index contributed by atoms with van der Waals surface area (Å²) in [5, 5.41) is 21.2. The summed E-state index contributed by atoms with van der Waals surface area (Å²) in [5.41, 5.74) is 0.777. The molecule has 0 saturated heterocycles. The van der Waals surface area contributed by atoms with E-state index in [9.17, 15) is 9.90 Å². The first-order valence-corrected chi connectivity index (χ1v) is 6.16. The molecule has 2 rings (SSSR count). The predicted molar refractivity (Wildman–Crippen MR) is 66.7 cm³/mol. The molecular weight excluding hydrogens is 228 g/mol. The Bertz CT molecular complexity index is 479. The summed E-state index contributed by atoms with van der Waals surface area (Å²) >= 11 is 0. The number of phenolic OH excluding ortho intramolecular Hbond substituents is 1. The summed E-state index contributed by atoms with van der Waals surface area (Å²) in [6.07, 6.45) is 2.98. The highest BCUT2D eigenvalue weighted by molar-refractivity contribution is 5.79. The molecule has 1 fully saturated rings. The fourth-order valence-corrected chi connectivity index (χ4v) is 2.40. The second-order valence-corrected chi connectivity index (χ2v) is 4.69. The molecule has 1 amide bonds. The van der Waals surface area contributed by atoms with E-state index < -0.39 is 0 Å². The quantitative estimate of drug-likeness (QED) is 0.850. The van der Waals surface area contributed by atoms with Gasteiger partial charge in [-0.1, -0.05) is 12.1 Å².